The summed E-state index contributed by atoms with van der Waals surface area (Å²) in [5, 5.41) is 13.4. The molecular formula is C24H26N6O2S. The molecule has 2 N–H and O–H groups in total. The van der Waals surface area contributed by atoms with Gasteiger partial charge in [-0.25, -0.2) is 18.1 Å². The Balaban J connectivity index is 1.28. The van der Waals surface area contributed by atoms with Gasteiger partial charge in [0.15, 0.2) is 0 Å². The maximum absolute atomic E-state index is 12.8. The van der Waals surface area contributed by atoms with Gasteiger partial charge in [0.05, 0.1) is 17.6 Å². The van der Waals surface area contributed by atoms with Gasteiger partial charge in [0.1, 0.15) is 11.5 Å². The number of anilines is 1. The molecule has 170 valence electrons. The minimum atomic E-state index is -3.56. The molecule has 2 aromatic carbocycles. The normalized spacial score (nSPS) is 17.8. The fraction of sp³-hybridized carbons (Fsp3) is 0.292. The summed E-state index contributed by atoms with van der Waals surface area (Å²) in [6.07, 6.45) is 4.70. The van der Waals surface area contributed by atoms with Crippen LogP contribution in [0.1, 0.15) is 13.3 Å². The Labute approximate surface area is 193 Å². The number of hydrogen-bond donors (Lipinski definition) is 2. The van der Waals surface area contributed by atoms with Crippen LogP contribution in [0.25, 0.3) is 22.0 Å². The molecule has 2 unspecified atom stereocenters. The van der Waals surface area contributed by atoms with Gasteiger partial charge in [-0.15, -0.1) is 5.10 Å². The van der Waals surface area contributed by atoms with E-state index in [1.165, 1.54) is 0 Å². The molecule has 0 aliphatic heterocycles. The lowest BCUT2D eigenvalue weighted by Gasteiger charge is -2.11. The molecular weight excluding hydrogens is 436 g/mol. The summed E-state index contributed by atoms with van der Waals surface area (Å²) in [7, 11) is -3.56. The molecule has 0 saturated heterocycles. The monoisotopic (exact) mass is 462 g/mol. The molecule has 1 fully saturated rings. The molecule has 4 aromatic rings. The van der Waals surface area contributed by atoms with Crippen LogP contribution in [0.2, 0.25) is 0 Å². The lowest BCUT2D eigenvalue weighted by atomic mass is 10.1. The first kappa shape index (κ1) is 21.5. The molecule has 2 aromatic heterocycles. The van der Waals surface area contributed by atoms with Crippen LogP contribution in [-0.2, 0) is 16.6 Å². The minimum Gasteiger partial charge on any atom is -0.368 e. The predicted molar refractivity (Wildman–Crippen MR) is 128 cm³/mol. The Bertz CT molecular complexity index is 1370. The lowest BCUT2D eigenvalue weighted by molar-refractivity contribution is 0.574. The van der Waals surface area contributed by atoms with Crippen molar-refractivity contribution in [2.24, 2.45) is 11.8 Å². The predicted octanol–water partition coefficient (Wildman–Crippen LogP) is 3.54. The van der Waals surface area contributed by atoms with E-state index in [1.54, 1.807) is 23.0 Å². The number of sulfonamides is 1. The quantitative estimate of drug-likeness (QED) is 0.395. The van der Waals surface area contributed by atoms with Crippen molar-refractivity contribution in [2.45, 2.75) is 24.8 Å². The van der Waals surface area contributed by atoms with Crippen molar-refractivity contribution in [1.82, 2.24) is 24.7 Å². The van der Waals surface area contributed by atoms with Crippen molar-refractivity contribution >= 4 is 26.6 Å². The molecule has 2 heterocycles. The minimum absolute atomic E-state index is 0.253. The molecule has 0 spiro atoms. The molecule has 2 atom stereocenters. The third kappa shape index (κ3) is 4.89. The Morgan fingerprint density at radius 2 is 1.94 bits per heavy atom. The summed E-state index contributed by atoms with van der Waals surface area (Å²) >= 11 is 0. The molecule has 0 amide bonds. The van der Waals surface area contributed by atoms with Crippen molar-refractivity contribution < 1.29 is 8.42 Å². The third-order valence-electron chi connectivity index (χ3n) is 6.10. The summed E-state index contributed by atoms with van der Waals surface area (Å²) in [6, 6.07) is 16.9. The molecule has 1 saturated carbocycles. The Morgan fingerprint density at radius 3 is 2.73 bits per heavy atom. The first-order chi connectivity index (χ1) is 16.0. The van der Waals surface area contributed by atoms with E-state index in [0.717, 1.165) is 28.5 Å². The molecule has 0 radical (unpaired) electrons. The zero-order chi connectivity index (χ0) is 22.8. The van der Waals surface area contributed by atoms with Gasteiger partial charge < -0.3 is 5.32 Å². The number of benzene rings is 2. The highest BCUT2D eigenvalue weighted by molar-refractivity contribution is 7.89. The van der Waals surface area contributed by atoms with Gasteiger partial charge in [-0.3, -0.25) is 4.68 Å². The topological polar surface area (TPSA) is 102 Å². The van der Waals surface area contributed by atoms with Gasteiger partial charge in [0, 0.05) is 30.2 Å². The van der Waals surface area contributed by atoms with Crippen molar-refractivity contribution in [3.05, 3.63) is 67.0 Å². The van der Waals surface area contributed by atoms with Crippen molar-refractivity contribution in [3.63, 3.8) is 0 Å². The van der Waals surface area contributed by atoms with Crippen LogP contribution in [0, 0.1) is 11.8 Å². The highest BCUT2D eigenvalue weighted by Gasteiger charge is 2.33. The second kappa shape index (κ2) is 8.92. The smallest absolute Gasteiger partial charge is 0.240 e. The Kier molecular flexibility index (Phi) is 5.82. The maximum atomic E-state index is 12.8. The zero-order valence-electron chi connectivity index (χ0n) is 18.3. The average Bonchev–Trinajstić information content (AvgIpc) is 3.34. The van der Waals surface area contributed by atoms with Gasteiger partial charge in [0.25, 0.3) is 0 Å². The van der Waals surface area contributed by atoms with E-state index < -0.39 is 10.0 Å². The first-order valence-corrected chi connectivity index (χ1v) is 12.6. The van der Waals surface area contributed by atoms with E-state index in [1.807, 2.05) is 48.7 Å². The lowest BCUT2D eigenvalue weighted by Crippen LogP contribution is -2.26. The van der Waals surface area contributed by atoms with E-state index in [0.29, 0.717) is 37.3 Å². The molecule has 1 aliphatic carbocycles. The average molecular weight is 463 g/mol. The highest BCUT2D eigenvalue weighted by Crippen LogP contribution is 2.37. The zero-order valence-corrected chi connectivity index (χ0v) is 19.2. The van der Waals surface area contributed by atoms with Crippen LogP contribution in [-0.4, -0.2) is 41.5 Å². The maximum Gasteiger partial charge on any atom is 0.240 e. The highest BCUT2D eigenvalue weighted by atomic mass is 32.2. The molecule has 5 rings (SSSR count). The molecule has 1 aliphatic rings. The van der Waals surface area contributed by atoms with Gasteiger partial charge in [-0.2, -0.15) is 0 Å². The number of nitrogens with zero attached hydrogens (tertiary/aromatic N) is 4. The van der Waals surface area contributed by atoms with Crippen LogP contribution < -0.4 is 10.0 Å². The van der Waals surface area contributed by atoms with Gasteiger partial charge in [-0.1, -0.05) is 48.5 Å². The second-order valence-corrected chi connectivity index (χ2v) is 10.3. The van der Waals surface area contributed by atoms with E-state index in [-0.39, 0.29) is 4.90 Å². The van der Waals surface area contributed by atoms with Gasteiger partial charge in [0.2, 0.25) is 10.0 Å². The SMILES string of the molecule is CC1CC1CNS(=O)(=O)c1ccc2ccnc(NCCn3cc(-c4ccccc4)nn3)c2c1. The fourth-order valence-electron chi connectivity index (χ4n) is 3.88. The van der Waals surface area contributed by atoms with E-state index >= 15 is 0 Å². The molecule has 0 bridgehead atoms. The largest absolute Gasteiger partial charge is 0.368 e. The van der Waals surface area contributed by atoms with Crippen molar-refractivity contribution in [2.75, 3.05) is 18.4 Å². The number of pyridine rings is 1. The van der Waals surface area contributed by atoms with Gasteiger partial charge in [-0.05, 0) is 41.8 Å². The number of fused-ring (bicyclic) bond motifs is 1. The van der Waals surface area contributed by atoms with E-state index in [9.17, 15) is 8.42 Å². The Hall–Kier alpha value is -3.30. The van der Waals surface area contributed by atoms with Crippen LogP contribution in [0.3, 0.4) is 0 Å². The van der Waals surface area contributed by atoms with E-state index in [2.05, 4.69) is 32.3 Å². The summed E-state index contributed by atoms with van der Waals surface area (Å²) in [5.74, 6) is 1.68. The Morgan fingerprint density at radius 1 is 1.12 bits per heavy atom. The van der Waals surface area contributed by atoms with E-state index in [4.69, 9.17) is 0 Å². The van der Waals surface area contributed by atoms with Crippen LogP contribution >= 0.6 is 0 Å². The molecule has 9 heteroatoms. The number of aromatic nitrogens is 4. The summed E-state index contributed by atoms with van der Waals surface area (Å²) < 4.78 is 30.1. The number of hydrogen-bond acceptors (Lipinski definition) is 6. The third-order valence-corrected chi connectivity index (χ3v) is 7.52. The first-order valence-electron chi connectivity index (χ1n) is 11.1. The second-order valence-electron chi connectivity index (χ2n) is 8.53. The van der Waals surface area contributed by atoms with Crippen LogP contribution in [0.4, 0.5) is 5.82 Å². The fourth-order valence-corrected chi connectivity index (χ4v) is 5.00. The van der Waals surface area contributed by atoms with Crippen molar-refractivity contribution in [3.8, 4) is 11.3 Å². The molecule has 33 heavy (non-hydrogen) atoms. The number of rotatable bonds is 9. The summed E-state index contributed by atoms with van der Waals surface area (Å²) in [5.41, 5.74) is 1.84. The summed E-state index contributed by atoms with van der Waals surface area (Å²) in [4.78, 5) is 4.69. The molecule has 8 nitrogen and oxygen atoms in total. The number of nitrogens with one attached hydrogen (secondary N) is 2. The van der Waals surface area contributed by atoms with Crippen molar-refractivity contribution in [1.29, 1.82) is 0 Å². The van der Waals surface area contributed by atoms with Crippen LogP contribution in [0.15, 0.2) is 71.9 Å². The van der Waals surface area contributed by atoms with Crippen LogP contribution in [0.5, 0.6) is 0 Å². The summed E-state index contributed by atoms with van der Waals surface area (Å²) in [6.45, 7) is 3.79. The van der Waals surface area contributed by atoms with Gasteiger partial charge >= 0.3 is 0 Å². The standard InChI is InChI=1S/C24H26N6O2S/c1-17-13-20(17)15-27-33(31,32)21-8-7-18-9-10-25-24(22(18)14-21)26-11-12-30-16-23(28-29-30)19-5-3-2-4-6-19/h2-10,14,16-17,20,27H,11-13,15H2,1H3,(H,25,26).